The Kier molecular flexibility index (Phi) is 7.10. The molecule has 0 fully saturated rings. The van der Waals surface area contributed by atoms with Gasteiger partial charge in [-0.2, -0.15) is 0 Å². The van der Waals surface area contributed by atoms with Crippen LogP contribution in [0.2, 0.25) is 0 Å². The monoisotopic (exact) mass is 501 g/mol. The van der Waals surface area contributed by atoms with Crippen molar-refractivity contribution in [3.05, 3.63) is 63.8 Å². The minimum atomic E-state index is -1.36. The van der Waals surface area contributed by atoms with Crippen molar-refractivity contribution >= 4 is 33.2 Å². The zero-order chi connectivity index (χ0) is 23.6. The lowest BCUT2D eigenvalue weighted by Gasteiger charge is -2.43. The molecule has 6 nitrogen and oxygen atoms in total. The van der Waals surface area contributed by atoms with Gasteiger partial charge in [0.1, 0.15) is 5.78 Å². The maximum absolute atomic E-state index is 12.9. The Bertz CT molecular complexity index is 1060. The van der Waals surface area contributed by atoms with Crippen molar-refractivity contribution in [2.24, 2.45) is 5.92 Å². The molecule has 170 valence electrons. The Balaban J connectivity index is 2.23. The lowest BCUT2D eigenvalue weighted by molar-refractivity contribution is -0.131. The van der Waals surface area contributed by atoms with Gasteiger partial charge in [-0.1, -0.05) is 22.0 Å². The average Bonchev–Trinajstić information content (AvgIpc) is 2.73. The van der Waals surface area contributed by atoms with Gasteiger partial charge < -0.3 is 19.9 Å². The van der Waals surface area contributed by atoms with Gasteiger partial charge in [0.15, 0.2) is 17.3 Å². The number of methoxy groups -OCH3 is 2. The van der Waals surface area contributed by atoms with Crippen LogP contribution in [0.5, 0.6) is 11.5 Å². The van der Waals surface area contributed by atoms with E-state index in [0.29, 0.717) is 28.3 Å². The number of ketones is 2. The third-order valence-corrected chi connectivity index (χ3v) is 6.43. The first-order chi connectivity index (χ1) is 15.1. The molecular formula is C25H28BrNO5. The summed E-state index contributed by atoms with van der Waals surface area (Å²) in [5.74, 6) is -0.758. The average molecular weight is 502 g/mol. The molecule has 2 aromatic rings. The van der Waals surface area contributed by atoms with Crippen molar-refractivity contribution in [3.63, 3.8) is 0 Å². The Labute approximate surface area is 196 Å². The number of carbonyl (C=O) groups excluding carboxylic acids is 2. The van der Waals surface area contributed by atoms with E-state index in [-0.39, 0.29) is 18.0 Å². The molecule has 0 aliphatic heterocycles. The quantitative estimate of drug-likeness (QED) is 0.563. The molecule has 2 N–H and O–H groups in total. The van der Waals surface area contributed by atoms with Crippen molar-refractivity contribution in [3.8, 4) is 11.5 Å². The van der Waals surface area contributed by atoms with Crippen LogP contribution in [0.25, 0.3) is 0 Å². The predicted molar refractivity (Wildman–Crippen MR) is 127 cm³/mol. The van der Waals surface area contributed by atoms with Gasteiger partial charge in [-0.15, -0.1) is 0 Å². The van der Waals surface area contributed by atoms with Crippen LogP contribution in [0, 0.1) is 5.92 Å². The van der Waals surface area contributed by atoms with Gasteiger partial charge in [-0.3, -0.25) is 9.59 Å². The number of nitrogens with one attached hydrogen (secondary N) is 1. The van der Waals surface area contributed by atoms with Gasteiger partial charge >= 0.3 is 0 Å². The molecule has 1 aliphatic rings. The minimum absolute atomic E-state index is 0.145. The second-order valence-electron chi connectivity index (χ2n) is 8.29. The maximum atomic E-state index is 12.9. The molecule has 0 bridgehead atoms. The largest absolute Gasteiger partial charge is 0.493 e. The molecule has 0 saturated heterocycles. The van der Waals surface area contributed by atoms with Crippen LogP contribution in [0.4, 0.5) is 5.69 Å². The van der Waals surface area contributed by atoms with Crippen LogP contribution in [0.3, 0.4) is 0 Å². The van der Waals surface area contributed by atoms with E-state index in [9.17, 15) is 14.7 Å². The number of rotatable bonds is 7. The molecule has 3 atom stereocenters. The van der Waals surface area contributed by atoms with Crippen LogP contribution in [-0.2, 0) is 9.59 Å². The van der Waals surface area contributed by atoms with Crippen molar-refractivity contribution in [1.29, 1.82) is 0 Å². The number of carbonyl (C=O) groups is 2. The molecule has 0 amide bonds. The van der Waals surface area contributed by atoms with Gasteiger partial charge in [-0.05, 0) is 62.7 Å². The summed E-state index contributed by atoms with van der Waals surface area (Å²) in [6.07, 6.45) is 0.145. The number of halogens is 1. The first-order valence-electron chi connectivity index (χ1n) is 10.3. The number of Topliss-reactive ketones (excluding diaryl/α,β-unsaturated/α-hetero) is 2. The third kappa shape index (κ3) is 4.74. The van der Waals surface area contributed by atoms with Crippen LogP contribution in [-0.4, -0.2) is 36.5 Å². The number of hydrogen-bond acceptors (Lipinski definition) is 6. The zero-order valence-electron chi connectivity index (χ0n) is 18.9. The third-order valence-electron chi connectivity index (χ3n) is 5.90. The van der Waals surface area contributed by atoms with Crippen molar-refractivity contribution in [1.82, 2.24) is 0 Å². The highest BCUT2D eigenvalue weighted by atomic mass is 79.9. The Morgan fingerprint density at radius 2 is 1.69 bits per heavy atom. The summed E-state index contributed by atoms with van der Waals surface area (Å²) in [5.41, 5.74) is 1.20. The fourth-order valence-corrected chi connectivity index (χ4v) is 4.87. The van der Waals surface area contributed by atoms with Gasteiger partial charge in [0.2, 0.25) is 0 Å². The number of aliphatic hydroxyl groups is 1. The van der Waals surface area contributed by atoms with Crippen molar-refractivity contribution < 1.29 is 24.2 Å². The normalized spacial score (nSPS) is 23.0. The maximum Gasteiger partial charge on any atom is 0.161 e. The number of hydrogen-bond donors (Lipinski definition) is 2. The number of allylic oxidation sites excluding steroid dienone is 1. The number of benzene rings is 2. The lowest BCUT2D eigenvalue weighted by Crippen LogP contribution is -2.48. The summed E-state index contributed by atoms with van der Waals surface area (Å²) in [4.78, 5) is 25.7. The Hall–Kier alpha value is -2.64. The van der Waals surface area contributed by atoms with Crippen molar-refractivity contribution in [2.45, 2.75) is 38.7 Å². The smallest absolute Gasteiger partial charge is 0.161 e. The van der Waals surface area contributed by atoms with E-state index in [1.807, 2.05) is 30.3 Å². The lowest BCUT2D eigenvalue weighted by atomic mass is 9.64. The van der Waals surface area contributed by atoms with Crippen LogP contribution in [0.1, 0.15) is 38.7 Å². The highest BCUT2D eigenvalue weighted by Gasteiger charge is 2.49. The molecule has 0 heterocycles. The van der Waals surface area contributed by atoms with Gasteiger partial charge in [0, 0.05) is 33.8 Å². The molecule has 7 heteroatoms. The van der Waals surface area contributed by atoms with Crippen LogP contribution in [0.15, 0.2) is 58.2 Å². The second-order valence-corrected chi connectivity index (χ2v) is 9.21. The van der Waals surface area contributed by atoms with E-state index in [1.165, 1.54) is 21.0 Å². The highest BCUT2D eigenvalue weighted by Crippen LogP contribution is 2.49. The summed E-state index contributed by atoms with van der Waals surface area (Å²) in [5, 5.41) is 14.7. The Morgan fingerprint density at radius 3 is 2.22 bits per heavy atom. The van der Waals surface area contributed by atoms with E-state index in [4.69, 9.17) is 9.47 Å². The van der Waals surface area contributed by atoms with E-state index in [2.05, 4.69) is 21.2 Å². The molecular weight excluding hydrogens is 474 g/mol. The zero-order valence-corrected chi connectivity index (χ0v) is 20.4. The van der Waals surface area contributed by atoms with E-state index in [1.54, 1.807) is 26.2 Å². The van der Waals surface area contributed by atoms with Gasteiger partial charge in [-0.25, -0.2) is 0 Å². The SMILES string of the molecule is COc1ccc([C@H]2C(C(C)=O)=C(Nc3ccc(Br)cc3)C[C@](C)(O)[C@@H]2C(C)=O)cc1OC. The van der Waals surface area contributed by atoms with Crippen LogP contribution >= 0.6 is 15.9 Å². The number of ether oxygens (including phenoxy) is 2. The summed E-state index contributed by atoms with van der Waals surface area (Å²) in [7, 11) is 3.08. The fraction of sp³-hybridized carbons (Fsp3) is 0.360. The second kappa shape index (κ2) is 9.46. The van der Waals surface area contributed by atoms with Gasteiger partial charge in [0.25, 0.3) is 0 Å². The summed E-state index contributed by atoms with van der Waals surface area (Å²) in [6.45, 7) is 4.59. The molecule has 2 aromatic carbocycles. The molecule has 0 aromatic heterocycles. The van der Waals surface area contributed by atoms with Crippen molar-refractivity contribution in [2.75, 3.05) is 19.5 Å². The molecule has 32 heavy (non-hydrogen) atoms. The summed E-state index contributed by atoms with van der Waals surface area (Å²) >= 11 is 3.42. The Morgan fingerprint density at radius 1 is 1.06 bits per heavy atom. The van der Waals surface area contributed by atoms with Gasteiger partial charge in [0.05, 0.1) is 25.7 Å². The first kappa shape index (κ1) is 24.0. The predicted octanol–water partition coefficient (Wildman–Crippen LogP) is 4.87. The molecule has 0 saturated carbocycles. The molecule has 0 spiro atoms. The first-order valence-corrected chi connectivity index (χ1v) is 11.1. The summed E-state index contributed by atoms with van der Waals surface area (Å²) in [6, 6.07) is 12.9. The van der Waals surface area contributed by atoms with Crippen LogP contribution < -0.4 is 14.8 Å². The van der Waals surface area contributed by atoms with E-state index >= 15 is 0 Å². The van der Waals surface area contributed by atoms with E-state index in [0.717, 1.165) is 10.2 Å². The topological polar surface area (TPSA) is 84.9 Å². The molecule has 3 rings (SSSR count). The number of anilines is 1. The standard InChI is InChI=1S/C25H28BrNO5/c1-14(28)22-19(27-18-9-7-17(26)8-10-18)13-25(3,30)24(15(2)29)23(22)16-6-11-20(31-4)21(12-16)32-5/h6-12,23-24,27,30H,13H2,1-5H3/t23-,24+,25-/m0/s1. The highest BCUT2D eigenvalue weighted by molar-refractivity contribution is 9.10. The summed E-state index contributed by atoms with van der Waals surface area (Å²) < 4.78 is 11.7. The molecule has 0 radical (unpaired) electrons. The molecule has 0 unspecified atom stereocenters. The fourth-order valence-electron chi connectivity index (χ4n) is 4.60. The minimum Gasteiger partial charge on any atom is -0.493 e. The molecule has 1 aliphatic carbocycles. The van der Waals surface area contributed by atoms with E-state index < -0.39 is 17.4 Å².